The number of nitrogens with one attached hydrogen (secondary N) is 1. The van der Waals surface area contributed by atoms with E-state index in [9.17, 15) is 4.79 Å². The second kappa shape index (κ2) is 13.7. The Bertz CT molecular complexity index is 1250. The lowest BCUT2D eigenvalue weighted by Gasteiger charge is -2.16. The van der Waals surface area contributed by atoms with Crippen molar-refractivity contribution in [3.05, 3.63) is 95.7 Å². The number of fused-ring (bicyclic) bond motifs is 1. The van der Waals surface area contributed by atoms with E-state index in [1.54, 1.807) is 7.11 Å². The van der Waals surface area contributed by atoms with E-state index in [0.29, 0.717) is 13.2 Å². The van der Waals surface area contributed by atoms with Gasteiger partial charge in [-0.05, 0) is 42.3 Å². The third kappa shape index (κ3) is 7.18. The minimum atomic E-state index is -0.241. The number of halogens is 2. The Labute approximate surface area is 218 Å². The molecule has 1 N–H and O–H groups in total. The maximum Gasteiger partial charge on any atom is 0.310 e. The summed E-state index contributed by atoms with van der Waals surface area (Å²) in [5.74, 6) is 0.499. The van der Waals surface area contributed by atoms with Crippen LogP contribution in [-0.2, 0) is 29.0 Å². The van der Waals surface area contributed by atoms with Crippen LogP contribution in [0.3, 0.4) is 0 Å². The van der Waals surface area contributed by atoms with E-state index in [2.05, 4.69) is 29.6 Å². The minimum absolute atomic E-state index is 0. The smallest absolute Gasteiger partial charge is 0.310 e. The first-order chi connectivity index (χ1) is 16.2. The van der Waals surface area contributed by atoms with Crippen LogP contribution in [0.5, 0.6) is 5.75 Å². The second-order valence-electron chi connectivity index (χ2n) is 7.78. The number of nitrogens with zero attached hydrogens (tertiary/aromatic N) is 1. The molecule has 0 aliphatic carbocycles. The number of hydrogen-bond acceptors (Lipinski definition) is 5. The summed E-state index contributed by atoms with van der Waals surface area (Å²) in [6, 6.07) is 26.3. The molecule has 0 spiro atoms. The highest BCUT2D eigenvalue weighted by Crippen LogP contribution is 2.35. The van der Waals surface area contributed by atoms with Crippen LogP contribution in [0.25, 0.3) is 22.0 Å². The van der Waals surface area contributed by atoms with E-state index in [0.717, 1.165) is 45.6 Å². The van der Waals surface area contributed by atoms with Gasteiger partial charge < -0.3 is 14.8 Å². The lowest BCUT2D eigenvalue weighted by Crippen LogP contribution is -2.15. The first kappa shape index (κ1) is 28.1. The minimum Gasteiger partial charge on any atom is -0.496 e. The van der Waals surface area contributed by atoms with Crippen LogP contribution in [0.2, 0.25) is 0 Å². The van der Waals surface area contributed by atoms with E-state index in [1.807, 2.05) is 61.5 Å². The summed E-state index contributed by atoms with van der Waals surface area (Å²) in [5.41, 5.74) is 5.86. The van der Waals surface area contributed by atoms with Crippen LogP contribution >= 0.6 is 24.8 Å². The molecular formula is C28H30Cl2N2O3. The monoisotopic (exact) mass is 512 g/mol. The van der Waals surface area contributed by atoms with Crippen LogP contribution in [0.4, 0.5) is 0 Å². The fourth-order valence-electron chi connectivity index (χ4n) is 3.90. The number of hydrogen-bond donors (Lipinski definition) is 1. The Kier molecular flexibility index (Phi) is 11.0. The normalized spacial score (nSPS) is 10.2. The summed E-state index contributed by atoms with van der Waals surface area (Å²) >= 11 is 0. The highest BCUT2D eigenvalue weighted by molar-refractivity contribution is 5.87. The maximum atomic E-state index is 12.1. The summed E-state index contributed by atoms with van der Waals surface area (Å²) in [4.78, 5) is 17.0. The van der Waals surface area contributed by atoms with Gasteiger partial charge in [0.15, 0.2) is 0 Å². The van der Waals surface area contributed by atoms with Crippen molar-refractivity contribution in [3.63, 3.8) is 0 Å². The van der Waals surface area contributed by atoms with Crippen molar-refractivity contribution < 1.29 is 14.3 Å². The van der Waals surface area contributed by atoms with Crippen molar-refractivity contribution in [2.24, 2.45) is 0 Å². The van der Waals surface area contributed by atoms with Crippen molar-refractivity contribution >= 4 is 41.7 Å². The van der Waals surface area contributed by atoms with Crippen LogP contribution in [0.15, 0.2) is 78.9 Å². The van der Waals surface area contributed by atoms with Gasteiger partial charge >= 0.3 is 5.97 Å². The van der Waals surface area contributed by atoms with E-state index >= 15 is 0 Å². The predicted molar refractivity (Wildman–Crippen MR) is 146 cm³/mol. The third-order valence-corrected chi connectivity index (χ3v) is 5.48. The van der Waals surface area contributed by atoms with Crippen molar-refractivity contribution in [3.8, 4) is 16.9 Å². The zero-order chi connectivity index (χ0) is 23.0. The molecule has 35 heavy (non-hydrogen) atoms. The number of pyridine rings is 1. The van der Waals surface area contributed by atoms with Gasteiger partial charge in [-0.1, -0.05) is 54.6 Å². The van der Waals surface area contributed by atoms with Gasteiger partial charge in [-0.15, -0.1) is 24.8 Å². The quantitative estimate of drug-likeness (QED) is 0.272. The Balaban J connectivity index is 0.00000216. The number of ether oxygens (including phenoxy) is 2. The van der Waals surface area contributed by atoms with E-state index < -0.39 is 0 Å². The fourth-order valence-corrected chi connectivity index (χ4v) is 3.90. The molecular weight excluding hydrogens is 483 g/mol. The average molecular weight is 513 g/mol. The summed E-state index contributed by atoms with van der Waals surface area (Å²) in [5, 5.41) is 4.57. The molecule has 0 saturated heterocycles. The van der Waals surface area contributed by atoms with Crippen LogP contribution in [0, 0.1) is 0 Å². The second-order valence-corrected chi connectivity index (χ2v) is 7.78. The molecule has 0 saturated carbocycles. The molecule has 0 bridgehead atoms. The molecule has 1 aromatic heterocycles. The Morgan fingerprint density at radius 1 is 0.857 bits per heavy atom. The highest BCUT2D eigenvalue weighted by Gasteiger charge is 2.15. The van der Waals surface area contributed by atoms with Crippen molar-refractivity contribution in [2.75, 3.05) is 13.7 Å². The lowest BCUT2D eigenvalue weighted by atomic mass is 9.97. The zero-order valence-electron chi connectivity index (χ0n) is 19.8. The topological polar surface area (TPSA) is 60.5 Å². The highest BCUT2D eigenvalue weighted by atomic mass is 35.5. The largest absolute Gasteiger partial charge is 0.496 e. The number of carbonyl (C=O) groups excluding carboxylic acids is 1. The number of benzene rings is 3. The Morgan fingerprint density at radius 3 is 2.34 bits per heavy atom. The predicted octanol–water partition coefficient (Wildman–Crippen LogP) is 6.15. The average Bonchev–Trinajstić information content (AvgIpc) is 2.84. The molecule has 0 fully saturated rings. The molecule has 0 atom stereocenters. The third-order valence-electron chi connectivity index (χ3n) is 5.48. The molecule has 3 aromatic carbocycles. The molecule has 184 valence electrons. The number of aromatic nitrogens is 1. The summed E-state index contributed by atoms with van der Waals surface area (Å²) in [7, 11) is 1.66. The van der Waals surface area contributed by atoms with Gasteiger partial charge in [-0.2, -0.15) is 0 Å². The molecule has 4 rings (SSSR count). The summed E-state index contributed by atoms with van der Waals surface area (Å²) in [6.07, 6.45) is 0.216. The molecule has 0 amide bonds. The molecule has 0 radical (unpaired) electrons. The van der Waals surface area contributed by atoms with Gasteiger partial charge in [0.05, 0.1) is 31.3 Å². The fraction of sp³-hybridized carbons (Fsp3) is 0.214. The summed E-state index contributed by atoms with van der Waals surface area (Å²) < 4.78 is 10.8. The number of methoxy groups -OCH3 is 1. The van der Waals surface area contributed by atoms with Gasteiger partial charge in [-0.3, -0.25) is 9.78 Å². The number of carbonyl (C=O) groups is 1. The van der Waals surface area contributed by atoms with Gasteiger partial charge in [0.2, 0.25) is 0 Å². The zero-order valence-corrected chi connectivity index (χ0v) is 21.5. The van der Waals surface area contributed by atoms with E-state index in [-0.39, 0.29) is 37.2 Å². The molecule has 0 unspecified atom stereocenters. The molecule has 5 nitrogen and oxygen atoms in total. The number of para-hydroxylation sites is 1. The first-order valence-corrected chi connectivity index (χ1v) is 11.1. The Morgan fingerprint density at radius 2 is 1.60 bits per heavy atom. The molecule has 7 heteroatoms. The summed E-state index contributed by atoms with van der Waals surface area (Å²) in [6.45, 7) is 3.52. The maximum absolute atomic E-state index is 12.1. The molecule has 0 aliphatic rings. The van der Waals surface area contributed by atoms with Gasteiger partial charge in [-0.25, -0.2) is 0 Å². The van der Waals surface area contributed by atoms with Gasteiger partial charge in [0.25, 0.3) is 0 Å². The van der Waals surface area contributed by atoms with Crippen LogP contribution in [0.1, 0.15) is 23.7 Å². The SMILES string of the molecule is CCOC(=O)Cc1ccc(OC)c(-c2cc3ccccc3nc2CNCc2ccccc2)c1.Cl.Cl. The first-order valence-electron chi connectivity index (χ1n) is 11.1. The standard InChI is InChI=1S/C28H28N2O3.2ClH/c1-3-33-28(31)16-21-13-14-27(32-2)24(15-21)23-17-22-11-7-8-12-25(22)30-26(23)19-29-18-20-9-5-4-6-10-20;;/h4-15,17,29H,3,16,18-19H2,1-2H3;2*1H. The van der Waals surface area contributed by atoms with Crippen LogP contribution < -0.4 is 10.1 Å². The molecule has 1 heterocycles. The van der Waals surface area contributed by atoms with E-state index in [4.69, 9.17) is 14.5 Å². The van der Waals surface area contributed by atoms with Crippen molar-refractivity contribution in [1.29, 1.82) is 0 Å². The van der Waals surface area contributed by atoms with Crippen molar-refractivity contribution in [2.45, 2.75) is 26.4 Å². The number of rotatable bonds is 9. The van der Waals surface area contributed by atoms with Crippen molar-refractivity contribution in [1.82, 2.24) is 10.3 Å². The molecule has 0 aliphatic heterocycles. The lowest BCUT2D eigenvalue weighted by molar-refractivity contribution is -0.142. The van der Waals surface area contributed by atoms with E-state index in [1.165, 1.54) is 5.56 Å². The Hall–Kier alpha value is -3.12. The molecule has 4 aromatic rings. The van der Waals surface area contributed by atoms with Crippen LogP contribution in [-0.4, -0.2) is 24.7 Å². The van der Waals surface area contributed by atoms with Gasteiger partial charge in [0.1, 0.15) is 5.75 Å². The van der Waals surface area contributed by atoms with Gasteiger partial charge in [0, 0.05) is 29.6 Å². The number of esters is 1.